The minimum Gasteiger partial charge on any atom is -0.462 e. The molecule has 0 saturated carbocycles. The first-order valence-electron chi connectivity index (χ1n) is 27.9. The van der Waals surface area contributed by atoms with Crippen molar-refractivity contribution in [3.63, 3.8) is 0 Å². The summed E-state index contributed by atoms with van der Waals surface area (Å²) in [6.07, 6.45) is 63.2. The Hall–Kier alpha value is -2.18. The van der Waals surface area contributed by atoms with Gasteiger partial charge >= 0.3 is 5.97 Å². The fourth-order valence-electron chi connectivity index (χ4n) is 8.44. The fourth-order valence-corrected chi connectivity index (χ4v) is 8.44. The summed E-state index contributed by atoms with van der Waals surface area (Å²) in [6.45, 7) is 6.38. The third-order valence-corrected chi connectivity index (χ3v) is 12.6. The van der Waals surface area contributed by atoms with Crippen molar-refractivity contribution in [2.24, 2.45) is 0 Å². The molecule has 0 saturated heterocycles. The maximum atomic E-state index is 13.2. The number of hydrogen-bond acceptors (Lipinski definition) is 5. The number of nitrogens with one attached hydrogen (secondary N) is 1. The van der Waals surface area contributed by atoms with Gasteiger partial charge in [-0.25, -0.2) is 0 Å². The number of aliphatic hydroxyl groups excluding tert-OH is 2. The number of allylic oxidation sites excluding steroid dienone is 8. The molecular weight excluding hydrogens is 791 g/mol. The normalized spacial score (nSPS) is 13.5. The molecule has 3 N–H and O–H groups in total. The van der Waals surface area contributed by atoms with E-state index in [4.69, 9.17) is 4.74 Å². The van der Waals surface area contributed by atoms with Crippen molar-refractivity contribution in [1.29, 1.82) is 0 Å². The van der Waals surface area contributed by atoms with E-state index in [-0.39, 0.29) is 24.9 Å². The standard InChI is InChI=1S/C58H107NO5/c1-4-7-10-13-16-19-22-25-28-29-30-32-35-38-41-44-47-50-56(61)55(53-60)59-57(62)52-54(49-46-43-40-37-34-31-26-23-20-17-14-11-8-5-2)64-58(63)51-48-45-42-39-36-33-27-24-21-18-15-12-9-6-3/h9,12,18,21,27,31,33-34,54-56,60-61H,4-8,10-11,13-17,19-20,22-26,28-30,32,35-53H2,1-3H3,(H,59,62)/b12-9+,21-18+,33-27+,34-31+. The predicted molar refractivity (Wildman–Crippen MR) is 278 cm³/mol. The van der Waals surface area contributed by atoms with Crippen molar-refractivity contribution < 1.29 is 24.5 Å². The zero-order valence-corrected chi connectivity index (χ0v) is 42.7. The van der Waals surface area contributed by atoms with Crippen LogP contribution in [0.25, 0.3) is 0 Å². The summed E-state index contributed by atoms with van der Waals surface area (Å²) in [5, 5.41) is 23.9. The summed E-state index contributed by atoms with van der Waals surface area (Å²) in [4.78, 5) is 26.2. The Bertz CT molecular complexity index is 1100. The first kappa shape index (κ1) is 61.8. The predicted octanol–water partition coefficient (Wildman–Crippen LogP) is 17.0. The molecule has 0 radical (unpaired) electrons. The summed E-state index contributed by atoms with van der Waals surface area (Å²) >= 11 is 0. The van der Waals surface area contributed by atoms with Gasteiger partial charge in [0.2, 0.25) is 5.91 Å². The smallest absolute Gasteiger partial charge is 0.306 e. The Morgan fingerprint density at radius 2 is 0.844 bits per heavy atom. The average molecular weight is 898 g/mol. The molecule has 0 aliphatic carbocycles. The zero-order valence-electron chi connectivity index (χ0n) is 42.7. The van der Waals surface area contributed by atoms with Gasteiger partial charge in [-0.05, 0) is 83.5 Å². The van der Waals surface area contributed by atoms with Crippen LogP contribution in [0.4, 0.5) is 0 Å². The van der Waals surface area contributed by atoms with Crippen molar-refractivity contribution in [1.82, 2.24) is 5.32 Å². The van der Waals surface area contributed by atoms with Crippen molar-refractivity contribution in [2.75, 3.05) is 6.61 Å². The van der Waals surface area contributed by atoms with Gasteiger partial charge in [0.1, 0.15) is 6.10 Å². The van der Waals surface area contributed by atoms with Crippen LogP contribution in [0.3, 0.4) is 0 Å². The van der Waals surface area contributed by atoms with Crippen molar-refractivity contribution >= 4 is 11.9 Å². The van der Waals surface area contributed by atoms with E-state index in [0.717, 1.165) is 103 Å². The minimum atomic E-state index is -0.796. The molecule has 64 heavy (non-hydrogen) atoms. The van der Waals surface area contributed by atoms with Crippen LogP contribution in [-0.2, 0) is 14.3 Å². The van der Waals surface area contributed by atoms with E-state index in [0.29, 0.717) is 19.3 Å². The average Bonchev–Trinajstić information content (AvgIpc) is 3.29. The minimum absolute atomic E-state index is 0.0589. The lowest BCUT2D eigenvalue weighted by Gasteiger charge is -2.24. The van der Waals surface area contributed by atoms with E-state index in [1.54, 1.807) is 0 Å². The van der Waals surface area contributed by atoms with Gasteiger partial charge in [-0.2, -0.15) is 0 Å². The van der Waals surface area contributed by atoms with Gasteiger partial charge in [-0.3, -0.25) is 9.59 Å². The summed E-state index contributed by atoms with van der Waals surface area (Å²) in [5.74, 6) is -0.507. The van der Waals surface area contributed by atoms with Crippen LogP contribution in [0.15, 0.2) is 48.6 Å². The highest BCUT2D eigenvalue weighted by molar-refractivity contribution is 5.77. The van der Waals surface area contributed by atoms with Crippen LogP contribution in [0.1, 0.15) is 284 Å². The molecule has 0 aliphatic rings. The van der Waals surface area contributed by atoms with E-state index in [1.807, 2.05) is 0 Å². The first-order chi connectivity index (χ1) is 31.5. The highest BCUT2D eigenvalue weighted by atomic mass is 16.5. The van der Waals surface area contributed by atoms with Gasteiger partial charge in [0.05, 0.1) is 25.2 Å². The number of hydrogen-bond donors (Lipinski definition) is 3. The van der Waals surface area contributed by atoms with Crippen LogP contribution in [0, 0.1) is 0 Å². The van der Waals surface area contributed by atoms with Crippen molar-refractivity contribution in [2.45, 2.75) is 302 Å². The number of carbonyl (C=O) groups is 2. The first-order valence-corrected chi connectivity index (χ1v) is 27.9. The molecular formula is C58H107NO5. The van der Waals surface area contributed by atoms with Crippen LogP contribution < -0.4 is 5.32 Å². The topological polar surface area (TPSA) is 95.9 Å². The van der Waals surface area contributed by atoms with E-state index in [9.17, 15) is 19.8 Å². The van der Waals surface area contributed by atoms with E-state index >= 15 is 0 Å². The van der Waals surface area contributed by atoms with Gasteiger partial charge in [0.15, 0.2) is 0 Å². The second-order valence-corrected chi connectivity index (χ2v) is 19.0. The maximum absolute atomic E-state index is 13.2. The number of amides is 1. The van der Waals surface area contributed by atoms with Crippen molar-refractivity contribution in [3.05, 3.63) is 48.6 Å². The number of carbonyl (C=O) groups excluding carboxylic acids is 2. The molecule has 0 heterocycles. The molecule has 0 rings (SSSR count). The number of unbranched alkanes of at least 4 members (excludes halogenated alkanes) is 30. The maximum Gasteiger partial charge on any atom is 0.306 e. The van der Waals surface area contributed by atoms with Crippen LogP contribution in [0.5, 0.6) is 0 Å². The third kappa shape index (κ3) is 46.4. The molecule has 3 atom stereocenters. The number of aliphatic hydroxyl groups is 2. The van der Waals surface area contributed by atoms with E-state index < -0.39 is 18.2 Å². The van der Waals surface area contributed by atoms with Crippen molar-refractivity contribution in [3.8, 4) is 0 Å². The fraction of sp³-hybridized carbons (Fsp3) is 0.828. The summed E-state index contributed by atoms with van der Waals surface area (Å²) in [7, 11) is 0. The number of ether oxygens (including phenoxy) is 1. The molecule has 0 spiro atoms. The Balaban J connectivity index is 4.56. The molecule has 0 aromatic rings. The van der Waals surface area contributed by atoms with Crippen LogP contribution in [0.2, 0.25) is 0 Å². The molecule has 0 aromatic carbocycles. The Morgan fingerprint density at radius 3 is 1.31 bits per heavy atom. The highest BCUT2D eigenvalue weighted by Gasteiger charge is 2.24. The molecule has 0 bridgehead atoms. The van der Waals surface area contributed by atoms with Gasteiger partial charge in [0.25, 0.3) is 0 Å². The van der Waals surface area contributed by atoms with E-state index in [1.165, 1.54) is 135 Å². The summed E-state index contributed by atoms with van der Waals surface area (Å²) < 4.78 is 5.93. The lowest BCUT2D eigenvalue weighted by Crippen LogP contribution is -2.46. The molecule has 374 valence electrons. The largest absolute Gasteiger partial charge is 0.462 e. The Labute approximate surface area is 397 Å². The lowest BCUT2D eigenvalue weighted by molar-refractivity contribution is -0.151. The number of rotatable bonds is 50. The van der Waals surface area contributed by atoms with Crippen LogP contribution >= 0.6 is 0 Å². The molecule has 6 heteroatoms. The molecule has 3 unspecified atom stereocenters. The van der Waals surface area contributed by atoms with Gasteiger partial charge < -0.3 is 20.3 Å². The highest BCUT2D eigenvalue weighted by Crippen LogP contribution is 2.18. The molecule has 6 nitrogen and oxygen atoms in total. The molecule has 0 aliphatic heterocycles. The second-order valence-electron chi connectivity index (χ2n) is 19.0. The lowest BCUT2D eigenvalue weighted by atomic mass is 10.0. The molecule has 1 amide bonds. The van der Waals surface area contributed by atoms with E-state index in [2.05, 4.69) is 74.7 Å². The Kier molecular flexibility index (Phi) is 50.0. The van der Waals surface area contributed by atoms with Gasteiger partial charge in [-0.15, -0.1) is 0 Å². The third-order valence-electron chi connectivity index (χ3n) is 12.6. The van der Waals surface area contributed by atoms with Crippen LogP contribution in [-0.4, -0.2) is 46.9 Å². The molecule has 0 fully saturated rings. The van der Waals surface area contributed by atoms with Gasteiger partial charge in [0, 0.05) is 6.42 Å². The Morgan fingerprint density at radius 1 is 0.469 bits per heavy atom. The van der Waals surface area contributed by atoms with Gasteiger partial charge in [-0.1, -0.05) is 236 Å². The monoisotopic (exact) mass is 898 g/mol. The quantitative estimate of drug-likeness (QED) is 0.0321. The summed E-state index contributed by atoms with van der Waals surface area (Å²) in [6, 6.07) is -0.711. The molecule has 0 aromatic heterocycles. The SMILES string of the molecule is CC/C=C/C/C=C/C/C=C/CCCCCCC(=O)OC(CCCCC/C=C/CCCCCCCCC)CC(=O)NC(CO)C(O)CCCCCCCCCCCCCCCCCCC. The number of esters is 1. The summed E-state index contributed by atoms with van der Waals surface area (Å²) in [5.41, 5.74) is 0. The zero-order chi connectivity index (χ0) is 46.7. The second kappa shape index (κ2) is 51.8.